The Labute approximate surface area is 188 Å². The second-order valence-corrected chi connectivity index (χ2v) is 9.21. The maximum absolute atomic E-state index is 12.4. The first-order valence-corrected chi connectivity index (χ1v) is 11.5. The molecular formula is C20H20Cl2N4OS2. The second-order valence-electron chi connectivity index (χ2n) is 6.54. The summed E-state index contributed by atoms with van der Waals surface area (Å²) in [5, 5.41) is 14.9. The summed E-state index contributed by atoms with van der Waals surface area (Å²) in [6.45, 7) is 8.70. The zero-order valence-electron chi connectivity index (χ0n) is 16.0. The maximum atomic E-state index is 12.4. The fraction of sp³-hybridized carbons (Fsp3) is 0.250. The van der Waals surface area contributed by atoms with Crippen molar-refractivity contribution < 1.29 is 4.79 Å². The van der Waals surface area contributed by atoms with Gasteiger partial charge in [0.1, 0.15) is 0 Å². The minimum atomic E-state index is -0.202. The number of carbonyl (C=O) groups excluding carboxylic acids is 1. The molecule has 1 N–H and O–H groups in total. The standard InChI is InChI=1S/C20H20Cl2N4OS2/c1-4-8-26-19(13-9-16(12(2)3)28-10-13)24-25-20(26)29-11-17(27)23-15-7-5-6-14(21)18(15)22/h4-7,9-10,12H,1,8,11H2,2-3H3,(H,23,27). The van der Waals surface area contributed by atoms with Crippen molar-refractivity contribution >= 4 is 57.9 Å². The van der Waals surface area contributed by atoms with Gasteiger partial charge in [-0.3, -0.25) is 9.36 Å². The number of nitrogens with zero attached hydrogens (tertiary/aromatic N) is 3. The lowest BCUT2D eigenvalue weighted by atomic mass is 10.1. The van der Waals surface area contributed by atoms with Crippen LogP contribution < -0.4 is 5.32 Å². The molecule has 2 heterocycles. The number of amides is 1. The number of thioether (sulfide) groups is 1. The summed E-state index contributed by atoms with van der Waals surface area (Å²) in [6.07, 6.45) is 1.79. The molecule has 29 heavy (non-hydrogen) atoms. The van der Waals surface area contributed by atoms with E-state index in [2.05, 4.69) is 47.4 Å². The molecule has 0 spiro atoms. The number of anilines is 1. The lowest BCUT2D eigenvalue weighted by Crippen LogP contribution is -2.15. The first kappa shape index (κ1) is 21.9. The summed E-state index contributed by atoms with van der Waals surface area (Å²) >= 11 is 15.1. The van der Waals surface area contributed by atoms with Crippen LogP contribution >= 0.6 is 46.3 Å². The Morgan fingerprint density at radius 3 is 2.86 bits per heavy atom. The number of halogens is 2. The van der Waals surface area contributed by atoms with Crippen LogP contribution in [0.5, 0.6) is 0 Å². The average Bonchev–Trinajstić information content (AvgIpc) is 3.31. The topological polar surface area (TPSA) is 59.8 Å². The number of rotatable bonds is 8. The quantitative estimate of drug-likeness (QED) is 0.310. The molecular weight excluding hydrogens is 447 g/mol. The summed E-state index contributed by atoms with van der Waals surface area (Å²) in [7, 11) is 0. The van der Waals surface area contributed by atoms with Crippen molar-refractivity contribution in [2.24, 2.45) is 0 Å². The van der Waals surface area contributed by atoms with Crippen LogP contribution in [-0.2, 0) is 11.3 Å². The second kappa shape index (κ2) is 9.80. The summed E-state index contributed by atoms with van der Waals surface area (Å²) < 4.78 is 1.96. The van der Waals surface area contributed by atoms with Gasteiger partial charge in [-0.25, -0.2) is 0 Å². The van der Waals surface area contributed by atoms with Gasteiger partial charge in [0.15, 0.2) is 11.0 Å². The minimum Gasteiger partial charge on any atom is -0.324 e. The van der Waals surface area contributed by atoms with Crippen molar-refractivity contribution in [3.05, 3.63) is 57.2 Å². The van der Waals surface area contributed by atoms with Gasteiger partial charge in [0.05, 0.1) is 21.5 Å². The van der Waals surface area contributed by atoms with Crippen molar-refractivity contribution in [3.63, 3.8) is 0 Å². The molecule has 0 atom stereocenters. The van der Waals surface area contributed by atoms with Crippen LogP contribution in [0, 0.1) is 0 Å². The number of thiophene rings is 1. The Bertz CT molecular complexity index is 1030. The van der Waals surface area contributed by atoms with E-state index in [4.69, 9.17) is 23.2 Å². The molecule has 1 amide bonds. The highest BCUT2D eigenvalue weighted by Gasteiger charge is 2.17. The van der Waals surface area contributed by atoms with Gasteiger partial charge < -0.3 is 5.32 Å². The maximum Gasteiger partial charge on any atom is 0.234 e. The molecule has 0 fully saturated rings. The van der Waals surface area contributed by atoms with E-state index in [1.54, 1.807) is 35.6 Å². The molecule has 0 radical (unpaired) electrons. The van der Waals surface area contributed by atoms with Crippen LogP contribution in [0.2, 0.25) is 10.0 Å². The number of hydrogen-bond acceptors (Lipinski definition) is 5. The third kappa shape index (κ3) is 5.22. The summed E-state index contributed by atoms with van der Waals surface area (Å²) in [5.74, 6) is 1.19. The van der Waals surface area contributed by atoms with E-state index >= 15 is 0 Å². The van der Waals surface area contributed by atoms with Gasteiger partial charge in [-0.2, -0.15) is 0 Å². The largest absolute Gasteiger partial charge is 0.324 e. The SMILES string of the molecule is C=CCn1c(SCC(=O)Nc2cccc(Cl)c2Cl)nnc1-c1csc(C(C)C)c1. The Hall–Kier alpha value is -1.80. The molecule has 0 aliphatic heterocycles. The monoisotopic (exact) mass is 466 g/mol. The highest BCUT2D eigenvalue weighted by Crippen LogP contribution is 2.32. The molecule has 9 heteroatoms. The number of allylic oxidation sites excluding steroid dienone is 1. The van der Waals surface area contributed by atoms with Gasteiger partial charge in [-0.05, 0) is 24.1 Å². The molecule has 0 unspecified atom stereocenters. The molecule has 0 bridgehead atoms. The van der Waals surface area contributed by atoms with Crippen LogP contribution in [0.15, 0.2) is 47.5 Å². The fourth-order valence-electron chi connectivity index (χ4n) is 2.59. The summed E-state index contributed by atoms with van der Waals surface area (Å²) in [6, 6.07) is 7.25. The third-order valence-electron chi connectivity index (χ3n) is 4.03. The van der Waals surface area contributed by atoms with Crippen LogP contribution in [-0.4, -0.2) is 26.4 Å². The van der Waals surface area contributed by atoms with Gasteiger partial charge >= 0.3 is 0 Å². The Morgan fingerprint density at radius 1 is 1.38 bits per heavy atom. The minimum absolute atomic E-state index is 0.166. The zero-order chi connectivity index (χ0) is 21.0. The predicted molar refractivity (Wildman–Crippen MR) is 123 cm³/mol. The lowest BCUT2D eigenvalue weighted by molar-refractivity contribution is -0.113. The number of aromatic nitrogens is 3. The summed E-state index contributed by atoms with van der Waals surface area (Å²) in [5.41, 5.74) is 1.51. The molecule has 5 nitrogen and oxygen atoms in total. The van der Waals surface area contributed by atoms with Crippen LogP contribution in [0.3, 0.4) is 0 Å². The van der Waals surface area contributed by atoms with E-state index in [1.807, 2.05) is 4.57 Å². The lowest BCUT2D eigenvalue weighted by Gasteiger charge is -2.09. The van der Waals surface area contributed by atoms with Crippen LogP contribution in [0.4, 0.5) is 5.69 Å². The van der Waals surface area contributed by atoms with Gasteiger partial charge in [0.25, 0.3) is 0 Å². The Balaban J connectivity index is 1.73. The molecule has 3 rings (SSSR count). The van der Waals surface area contributed by atoms with Crippen LogP contribution in [0.1, 0.15) is 24.6 Å². The highest BCUT2D eigenvalue weighted by atomic mass is 35.5. The van der Waals surface area contributed by atoms with E-state index in [9.17, 15) is 4.79 Å². The summed E-state index contributed by atoms with van der Waals surface area (Å²) in [4.78, 5) is 13.7. The predicted octanol–water partition coefficient (Wildman–Crippen LogP) is 6.35. The van der Waals surface area contributed by atoms with Gasteiger partial charge in [0, 0.05) is 22.4 Å². The smallest absolute Gasteiger partial charge is 0.234 e. The first-order chi connectivity index (χ1) is 13.9. The van der Waals surface area contributed by atoms with Crippen molar-refractivity contribution in [2.45, 2.75) is 31.5 Å². The van der Waals surface area contributed by atoms with E-state index in [0.717, 1.165) is 11.4 Å². The molecule has 3 aromatic rings. The van der Waals surface area contributed by atoms with Gasteiger partial charge in [-0.1, -0.05) is 61.0 Å². The molecule has 152 valence electrons. The van der Waals surface area contributed by atoms with E-state index in [-0.39, 0.29) is 11.7 Å². The average molecular weight is 467 g/mol. The number of benzene rings is 1. The van der Waals surface area contributed by atoms with Crippen molar-refractivity contribution in [2.75, 3.05) is 11.1 Å². The van der Waals surface area contributed by atoms with Gasteiger partial charge in [-0.15, -0.1) is 28.1 Å². The van der Waals surface area contributed by atoms with E-state index in [1.165, 1.54) is 16.6 Å². The zero-order valence-corrected chi connectivity index (χ0v) is 19.1. The first-order valence-electron chi connectivity index (χ1n) is 8.90. The number of carbonyl (C=O) groups is 1. The van der Waals surface area contributed by atoms with E-state index in [0.29, 0.717) is 33.4 Å². The molecule has 0 aliphatic carbocycles. The molecule has 1 aromatic carbocycles. The van der Waals surface area contributed by atoms with Crippen molar-refractivity contribution in [3.8, 4) is 11.4 Å². The van der Waals surface area contributed by atoms with Gasteiger partial charge in [0.2, 0.25) is 5.91 Å². The molecule has 2 aromatic heterocycles. The molecule has 0 aliphatic rings. The van der Waals surface area contributed by atoms with Crippen molar-refractivity contribution in [1.29, 1.82) is 0 Å². The molecule has 0 saturated carbocycles. The highest BCUT2D eigenvalue weighted by molar-refractivity contribution is 7.99. The van der Waals surface area contributed by atoms with Crippen molar-refractivity contribution in [1.82, 2.24) is 14.8 Å². The Kier molecular flexibility index (Phi) is 7.40. The number of nitrogens with one attached hydrogen (secondary N) is 1. The third-order valence-corrected chi connectivity index (χ3v) is 7.05. The number of hydrogen-bond donors (Lipinski definition) is 1. The Morgan fingerprint density at radius 2 is 2.17 bits per heavy atom. The fourth-order valence-corrected chi connectivity index (χ4v) is 4.59. The normalized spacial score (nSPS) is 11.1. The van der Waals surface area contributed by atoms with Crippen LogP contribution in [0.25, 0.3) is 11.4 Å². The molecule has 0 saturated heterocycles. The van der Waals surface area contributed by atoms with E-state index < -0.39 is 0 Å².